The van der Waals surface area contributed by atoms with Crippen LogP contribution in [0.4, 0.5) is 0 Å². The van der Waals surface area contributed by atoms with Gasteiger partial charge in [-0.2, -0.15) is 0 Å². The summed E-state index contributed by atoms with van der Waals surface area (Å²) in [7, 11) is 1.36. The SMILES string of the molecule is CCCCC(C(=O)OC)N(CCO)CCO. The van der Waals surface area contributed by atoms with Crippen LogP contribution >= 0.6 is 0 Å². The molecule has 5 heteroatoms. The van der Waals surface area contributed by atoms with Crippen molar-refractivity contribution in [2.45, 2.75) is 32.2 Å². The van der Waals surface area contributed by atoms with Crippen LogP contribution in [-0.2, 0) is 9.53 Å². The van der Waals surface area contributed by atoms with Crippen molar-refractivity contribution >= 4 is 5.97 Å². The van der Waals surface area contributed by atoms with Crippen molar-refractivity contribution in [2.24, 2.45) is 0 Å². The number of nitrogens with zero attached hydrogens (tertiary/aromatic N) is 1. The summed E-state index contributed by atoms with van der Waals surface area (Å²) >= 11 is 0. The lowest BCUT2D eigenvalue weighted by Gasteiger charge is -2.28. The molecule has 16 heavy (non-hydrogen) atoms. The van der Waals surface area contributed by atoms with Gasteiger partial charge in [0.1, 0.15) is 6.04 Å². The Labute approximate surface area is 97.0 Å². The summed E-state index contributed by atoms with van der Waals surface area (Å²) in [6, 6.07) is -0.357. The van der Waals surface area contributed by atoms with E-state index in [1.165, 1.54) is 7.11 Å². The summed E-state index contributed by atoms with van der Waals surface area (Å²) in [4.78, 5) is 13.3. The van der Waals surface area contributed by atoms with E-state index in [0.717, 1.165) is 12.8 Å². The van der Waals surface area contributed by atoms with Gasteiger partial charge in [0.25, 0.3) is 0 Å². The fourth-order valence-electron chi connectivity index (χ4n) is 1.66. The molecule has 0 aliphatic carbocycles. The van der Waals surface area contributed by atoms with Crippen LogP contribution in [0.1, 0.15) is 26.2 Å². The van der Waals surface area contributed by atoms with Crippen LogP contribution in [-0.4, -0.2) is 60.5 Å². The monoisotopic (exact) mass is 233 g/mol. The highest BCUT2D eigenvalue weighted by atomic mass is 16.5. The highest BCUT2D eigenvalue weighted by molar-refractivity contribution is 5.75. The zero-order chi connectivity index (χ0) is 12.4. The molecular weight excluding hydrogens is 210 g/mol. The number of aliphatic hydroxyl groups is 2. The number of rotatable bonds is 9. The second-order valence-corrected chi connectivity index (χ2v) is 3.66. The van der Waals surface area contributed by atoms with Gasteiger partial charge in [-0.15, -0.1) is 0 Å². The second kappa shape index (κ2) is 9.57. The van der Waals surface area contributed by atoms with Gasteiger partial charge in [0.2, 0.25) is 0 Å². The van der Waals surface area contributed by atoms with Crippen LogP contribution in [0.25, 0.3) is 0 Å². The molecular formula is C11H23NO4. The predicted octanol–water partition coefficient (Wildman–Crippen LogP) is 0.00480. The van der Waals surface area contributed by atoms with Crippen molar-refractivity contribution in [3.8, 4) is 0 Å². The Hall–Kier alpha value is -0.650. The zero-order valence-electron chi connectivity index (χ0n) is 10.2. The van der Waals surface area contributed by atoms with E-state index in [9.17, 15) is 4.79 Å². The van der Waals surface area contributed by atoms with Gasteiger partial charge in [-0.05, 0) is 6.42 Å². The van der Waals surface area contributed by atoms with E-state index in [4.69, 9.17) is 14.9 Å². The minimum Gasteiger partial charge on any atom is -0.468 e. The molecule has 0 aliphatic rings. The Morgan fingerprint density at radius 3 is 2.25 bits per heavy atom. The summed E-state index contributed by atoms with van der Waals surface area (Å²) in [5.74, 6) is -0.296. The Morgan fingerprint density at radius 2 is 1.88 bits per heavy atom. The average molecular weight is 233 g/mol. The molecule has 0 aliphatic heterocycles. The normalized spacial score (nSPS) is 12.8. The first kappa shape index (κ1) is 15.3. The van der Waals surface area contributed by atoms with Gasteiger partial charge in [0.05, 0.1) is 20.3 Å². The number of carbonyl (C=O) groups excluding carboxylic acids is 1. The highest BCUT2D eigenvalue weighted by Crippen LogP contribution is 2.10. The van der Waals surface area contributed by atoms with Crippen LogP contribution in [0.15, 0.2) is 0 Å². The Morgan fingerprint density at radius 1 is 1.31 bits per heavy atom. The Bertz CT molecular complexity index is 181. The maximum atomic E-state index is 11.6. The van der Waals surface area contributed by atoms with Gasteiger partial charge in [0, 0.05) is 13.1 Å². The van der Waals surface area contributed by atoms with E-state index in [1.54, 1.807) is 4.90 Å². The first-order chi connectivity index (χ1) is 7.71. The minimum absolute atomic E-state index is 0.0282. The van der Waals surface area contributed by atoms with Crippen molar-refractivity contribution < 1.29 is 19.7 Å². The molecule has 0 saturated heterocycles. The number of esters is 1. The molecule has 0 fully saturated rings. The molecule has 0 aromatic carbocycles. The van der Waals surface area contributed by atoms with Crippen molar-refractivity contribution in [2.75, 3.05) is 33.4 Å². The molecule has 0 heterocycles. The highest BCUT2D eigenvalue weighted by Gasteiger charge is 2.25. The third-order valence-electron chi connectivity index (χ3n) is 2.52. The summed E-state index contributed by atoms with van der Waals surface area (Å²) in [5, 5.41) is 17.8. The van der Waals surface area contributed by atoms with Gasteiger partial charge in [-0.25, -0.2) is 0 Å². The number of unbranched alkanes of at least 4 members (excludes halogenated alkanes) is 1. The third kappa shape index (κ3) is 5.44. The van der Waals surface area contributed by atoms with Crippen molar-refractivity contribution in [1.82, 2.24) is 4.90 Å². The van der Waals surface area contributed by atoms with E-state index in [1.807, 2.05) is 0 Å². The fourth-order valence-corrected chi connectivity index (χ4v) is 1.66. The first-order valence-corrected chi connectivity index (χ1v) is 5.74. The summed E-state index contributed by atoms with van der Waals surface area (Å²) in [6.45, 7) is 2.75. The van der Waals surface area contributed by atoms with E-state index >= 15 is 0 Å². The van der Waals surface area contributed by atoms with Crippen LogP contribution in [0.2, 0.25) is 0 Å². The third-order valence-corrected chi connectivity index (χ3v) is 2.52. The largest absolute Gasteiger partial charge is 0.468 e. The van der Waals surface area contributed by atoms with Crippen LogP contribution in [0, 0.1) is 0 Å². The summed E-state index contributed by atoms with van der Waals surface area (Å²) in [5.41, 5.74) is 0. The maximum Gasteiger partial charge on any atom is 0.323 e. The van der Waals surface area contributed by atoms with Crippen LogP contribution < -0.4 is 0 Å². The minimum atomic E-state index is -0.357. The molecule has 0 spiro atoms. The van der Waals surface area contributed by atoms with Crippen molar-refractivity contribution in [1.29, 1.82) is 0 Å². The fraction of sp³-hybridized carbons (Fsp3) is 0.909. The number of methoxy groups -OCH3 is 1. The first-order valence-electron chi connectivity index (χ1n) is 5.74. The molecule has 0 aromatic heterocycles. The smallest absolute Gasteiger partial charge is 0.323 e. The lowest BCUT2D eigenvalue weighted by Crippen LogP contribution is -2.44. The molecule has 2 N–H and O–H groups in total. The molecule has 1 unspecified atom stereocenters. The van der Waals surface area contributed by atoms with Crippen molar-refractivity contribution in [3.63, 3.8) is 0 Å². The van der Waals surface area contributed by atoms with Crippen molar-refractivity contribution in [3.05, 3.63) is 0 Å². The van der Waals surface area contributed by atoms with E-state index in [2.05, 4.69) is 6.92 Å². The Balaban J connectivity index is 4.45. The number of hydrogen-bond donors (Lipinski definition) is 2. The lowest BCUT2D eigenvalue weighted by atomic mass is 10.1. The lowest BCUT2D eigenvalue weighted by molar-refractivity contribution is -0.147. The van der Waals surface area contributed by atoms with E-state index < -0.39 is 0 Å². The van der Waals surface area contributed by atoms with Gasteiger partial charge in [-0.3, -0.25) is 9.69 Å². The van der Waals surface area contributed by atoms with Crippen LogP contribution in [0.3, 0.4) is 0 Å². The zero-order valence-corrected chi connectivity index (χ0v) is 10.2. The average Bonchev–Trinajstić information content (AvgIpc) is 2.29. The van der Waals surface area contributed by atoms with Gasteiger partial charge < -0.3 is 14.9 Å². The van der Waals surface area contributed by atoms with Gasteiger partial charge >= 0.3 is 5.97 Å². The van der Waals surface area contributed by atoms with Gasteiger partial charge in [-0.1, -0.05) is 19.8 Å². The summed E-state index contributed by atoms with van der Waals surface area (Å²) < 4.78 is 4.74. The molecule has 0 amide bonds. The molecule has 0 saturated carbocycles. The van der Waals surface area contributed by atoms with Crippen LogP contribution in [0.5, 0.6) is 0 Å². The van der Waals surface area contributed by atoms with Gasteiger partial charge in [0.15, 0.2) is 0 Å². The molecule has 0 rings (SSSR count). The maximum absolute atomic E-state index is 11.6. The van der Waals surface area contributed by atoms with E-state index in [-0.39, 0.29) is 25.2 Å². The number of ether oxygens (including phenoxy) is 1. The number of carbonyl (C=O) groups is 1. The molecule has 0 bridgehead atoms. The summed E-state index contributed by atoms with van der Waals surface area (Å²) in [6.07, 6.45) is 2.62. The molecule has 0 radical (unpaired) electrons. The molecule has 0 aromatic rings. The number of hydrogen-bond acceptors (Lipinski definition) is 5. The molecule has 5 nitrogen and oxygen atoms in total. The predicted molar refractivity (Wildman–Crippen MR) is 61.1 cm³/mol. The second-order valence-electron chi connectivity index (χ2n) is 3.66. The Kier molecular flexibility index (Phi) is 9.18. The topological polar surface area (TPSA) is 70.0 Å². The quantitative estimate of drug-likeness (QED) is 0.549. The standard InChI is InChI=1S/C11H23NO4/c1-3-4-5-10(11(15)16-2)12(6-8-13)7-9-14/h10,13-14H,3-9H2,1-2H3. The number of aliphatic hydroxyl groups excluding tert-OH is 2. The molecule has 96 valence electrons. The van der Waals surface area contributed by atoms with E-state index in [0.29, 0.717) is 19.5 Å². The molecule has 1 atom stereocenters.